The highest BCUT2D eigenvalue weighted by molar-refractivity contribution is 6.40. The highest BCUT2D eigenvalue weighted by atomic mass is 35.5. The first kappa shape index (κ1) is 22.5. The molecule has 0 spiro atoms. The van der Waals surface area contributed by atoms with Gasteiger partial charge in [0.1, 0.15) is 0 Å². The topological polar surface area (TPSA) is 88.3 Å². The second kappa shape index (κ2) is 9.44. The van der Waals surface area contributed by atoms with E-state index in [0.29, 0.717) is 36.2 Å². The summed E-state index contributed by atoms with van der Waals surface area (Å²) in [6.07, 6.45) is -0.760. The Bertz CT molecular complexity index is 976. The molecular weight excluding hydrogens is 455 g/mol. The maximum Gasteiger partial charge on any atom is 0.301 e. The molecule has 2 aromatic rings. The third-order valence-corrected chi connectivity index (χ3v) is 6.33. The summed E-state index contributed by atoms with van der Waals surface area (Å²) in [6.45, 7) is 3.57. The second-order valence-corrected chi connectivity index (χ2v) is 8.72. The second-order valence-electron chi connectivity index (χ2n) is 7.85. The van der Waals surface area contributed by atoms with Crippen molar-refractivity contribution in [2.24, 2.45) is 5.16 Å². The van der Waals surface area contributed by atoms with Gasteiger partial charge in [-0.2, -0.15) is 0 Å². The molecule has 2 aromatic carbocycles. The number of carbonyl (C=O) groups is 1. The number of oxime groups is 1. The molecule has 4 rings (SSSR count). The Morgan fingerprint density at radius 1 is 1.03 bits per heavy atom. The predicted octanol–water partition coefficient (Wildman–Crippen LogP) is 3.65. The molecular formula is C22H22Cl2N4O4. The summed E-state index contributed by atoms with van der Waals surface area (Å²) < 4.78 is 0. The summed E-state index contributed by atoms with van der Waals surface area (Å²) >= 11 is 12.2. The minimum Gasteiger partial charge on any atom is -0.384 e. The molecule has 8 nitrogen and oxygen atoms in total. The fourth-order valence-corrected chi connectivity index (χ4v) is 4.41. The van der Waals surface area contributed by atoms with Gasteiger partial charge in [-0.15, -0.1) is 0 Å². The predicted molar refractivity (Wildman–Crippen MR) is 122 cm³/mol. The molecule has 2 aliphatic heterocycles. The Balaban J connectivity index is 1.51. The summed E-state index contributed by atoms with van der Waals surface area (Å²) in [5, 5.41) is 16.4. The minimum atomic E-state index is -1.24. The number of rotatable bonds is 5. The van der Waals surface area contributed by atoms with Crippen LogP contribution < -0.4 is 0 Å². The standard InChI is InChI=1S/C22H22Cl2N4O4/c1-14-20(28(30)31)19(25-32-14)22(29)27-12-10-26(11-13-27)21(15-2-6-17(23)7-3-15)16-4-8-18(24)9-5-16/h2-9,14,20-21H,10-13H2,1H3. The molecule has 10 heteroatoms. The summed E-state index contributed by atoms with van der Waals surface area (Å²) in [6, 6.07) is 14.1. The molecule has 2 aliphatic rings. The lowest BCUT2D eigenvalue weighted by molar-refractivity contribution is -0.510. The normalized spacial score (nSPS) is 21.4. The van der Waals surface area contributed by atoms with Crippen LogP contribution in [0.3, 0.4) is 0 Å². The number of amides is 1. The SMILES string of the molecule is CC1ON=C(C(=O)N2CCN(C(c3ccc(Cl)cc3)c3ccc(Cl)cc3)CC2)C1[N+](=O)[O-]. The van der Waals surface area contributed by atoms with Crippen LogP contribution in [0.25, 0.3) is 0 Å². The lowest BCUT2D eigenvalue weighted by atomic mass is 9.96. The maximum absolute atomic E-state index is 12.9. The van der Waals surface area contributed by atoms with Gasteiger partial charge in [0.15, 0.2) is 6.10 Å². The maximum atomic E-state index is 12.9. The summed E-state index contributed by atoms with van der Waals surface area (Å²) in [5.41, 5.74) is 2.02. The number of nitrogens with zero attached hydrogens (tertiary/aromatic N) is 4. The van der Waals surface area contributed by atoms with E-state index < -0.39 is 23.0 Å². The van der Waals surface area contributed by atoms with Crippen molar-refractivity contribution in [1.29, 1.82) is 0 Å². The van der Waals surface area contributed by atoms with E-state index in [0.717, 1.165) is 11.1 Å². The zero-order chi connectivity index (χ0) is 22.8. The van der Waals surface area contributed by atoms with Crippen molar-refractivity contribution in [2.75, 3.05) is 26.2 Å². The van der Waals surface area contributed by atoms with Crippen LogP contribution in [0, 0.1) is 10.1 Å². The Morgan fingerprint density at radius 3 is 2.00 bits per heavy atom. The van der Waals surface area contributed by atoms with E-state index in [1.54, 1.807) is 4.90 Å². The summed E-state index contributed by atoms with van der Waals surface area (Å²) in [5.74, 6) is -0.440. The average Bonchev–Trinajstić information content (AvgIpc) is 3.18. The van der Waals surface area contributed by atoms with Gasteiger partial charge in [-0.3, -0.25) is 19.8 Å². The van der Waals surface area contributed by atoms with Crippen LogP contribution in [-0.2, 0) is 9.63 Å². The van der Waals surface area contributed by atoms with Crippen molar-refractivity contribution in [2.45, 2.75) is 25.1 Å². The zero-order valence-electron chi connectivity index (χ0n) is 17.4. The van der Waals surface area contributed by atoms with Gasteiger partial charge in [-0.25, -0.2) is 0 Å². The number of piperazine rings is 1. The highest BCUT2D eigenvalue weighted by Gasteiger charge is 2.46. The fourth-order valence-electron chi connectivity index (χ4n) is 4.16. The number of hydrogen-bond donors (Lipinski definition) is 0. The molecule has 2 atom stereocenters. The molecule has 1 amide bonds. The fraction of sp³-hybridized carbons (Fsp3) is 0.364. The molecule has 2 heterocycles. The largest absolute Gasteiger partial charge is 0.384 e. The molecule has 0 aliphatic carbocycles. The molecule has 1 saturated heterocycles. The monoisotopic (exact) mass is 476 g/mol. The number of halogens is 2. The van der Waals surface area contributed by atoms with Crippen molar-refractivity contribution in [3.05, 3.63) is 79.8 Å². The van der Waals surface area contributed by atoms with Gasteiger partial charge in [0.25, 0.3) is 5.91 Å². The smallest absolute Gasteiger partial charge is 0.301 e. The van der Waals surface area contributed by atoms with Gasteiger partial charge in [-0.05, 0) is 42.3 Å². The van der Waals surface area contributed by atoms with Gasteiger partial charge in [-0.1, -0.05) is 52.6 Å². The zero-order valence-corrected chi connectivity index (χ0v) is 18.9. The first-order valence-electron chi connectivity index (χ1n) is 10.3. The Kier molecular flexibility index (Phi) is 6.64. The van der Waals surface area contributed by atoms with Crippen LogP contribution in [0.1, 0.15) is 24.1 Å². The van der Waals surface area contributed by atoms with Crippen molar-refractivity contribution in [3.8, 4) is 0 Å². The summed E-state index contributed by atoms with van der Waals surface area (Å²) in [4.78, 5) is 32.7. The molecule has 1 fully saturated rings. The lowest BCUT2D eigenvalue weighted by Crippen LogP contribution is -2.53. The van der Waals surface area contributed by atoms with E-state index >= 15 is 0 Å². The van der Waals surface area contributed by atoms with Crippen molar-refractivity contribution >= 4 is 34.8 Å². The summed E-state index contributed by atoms with van der Waals surface area (Å²) in [7, 11) is 0. The van der Waals surface area contributed by atoms with Crippen molar-refractivity contribution in [1.82, 2.24) is 9.80 Å². The van der Waals surface area contributed by atoms with E-state index in [1.807, 2.05) is 48.5 Å². The van der Waals surface area contributed by atoms with Gasteiger partial charge >= 0.3 is 6.04 Å². The van der Waals surface area contributed by atoms with Crippen molar-refractivity contribution in [3.63, 3.8) is 0 Å². The van der Waals surface area contributed by atoms with E-state index in [9.17, 15) is 14.9 Å². The van der Waals surface area contributed by atoms with Gasteiger partial charge in [0, 0.05) is 41.1 Å². The van der Waals surface area contributed by atoms with Gasteiger partial charge in [0.2, 0.25) is 5.71 Å². The van der Waals surface area contributed by atoms with Crippen LogP contribution in [0.4, 0.5) is 0 Å². The first-order valence-corrected chi connectivity index (χ1v) is 11.0. The third kappa shape index (κ3) is 4.57. The third-order valence-electron chi connectivity index (χ3n) is 5.83. The van der Waals surface area contributed by atoms with Crippen LogP contribution in [0.5, 0.6) is 0 Å². The molecule has 32 heavy (non-hydrogen) atoms. The Morgan fingerprint density at radius 2 is 1.53 bits per heavy atom. The molecule has 0 radical (unpaired) electrons. The molecule has 2 unspecified atom stereocenters. The van der Waals surface area contributed by atoms with E-state index in [2.05, 4.69) is 10.1 Å². The van der Waals surface area contributed by atoms with Crippen LogP contribution in [0.2, 0.25) is 10.0 Å². The van der Waals surface area contributed by atoms with E-state index in [-0.39, 0.29) is 11.8 Å². The highest BCUT2D eigenvalue weighted by Crippen LogP contribution is 2.31. The molecule has 0 aromatic heterocycles. The van der Waals surface area contributed by atoms with Crippen LogP contribution in [-0.4, -0.2) is 64.7 Å². The van der Waals surface area contributed by atoms with Gasteiger partial charge < -0.3 is 9.74 Å². The number of nitro groups is 1. The number of benzene rings is 2. The molecule has 0 saturated carbocycles. The lowest BCUT2D eigenvalue weighted by Gasteiger charge is -2.39. The average molecular weight is 477 g/mol. The first-order chi connectivity index (χ1) is 15.3. The molecule has 0 N–H and O–H groups in total. The Hall–Kier alpha value is -2.68. The van der Waals surface area contributed by atoms with Crippen LogP contribution in [0.15, 0.2) is 53.7 Å². The number of hydrogen-bond acceptors (Lipinski definition) is 6. The number of carbonyl (C=O) groups excluding carboxylic acids is 1. The van der Waals surface area contributed by atoms with Gasteiger partial charge in [0.05, 0.1) is 6.04 Å². The van der Waals surface area contributed by atoms with E-state index in [1.165, 1.54) is 6.92 Å². The molecule has 0 bridgehead atoms. The molecule has 168 valence electrons. The quantitative estimate of drug-likeness (QED) is 0.485. The minimum absolute atomic E-state index is 0.0412. The Labute approximate surface area is 195 Å². The van der Waals surface area contributed by atoms with Crippen LogP contribution >= 0.6 is 23.2 Å². The van der Waals surface area contributed by atoms with E-state index in [4.69, 9.17) is 28.0 Å². The van der Waals surface area contributed by atoms with Crippen molar-refractivity contribution < 1.29 is 14.6 Å².